The zero-order valence-corrected chi connectivity index (χ0v) is 23.1. The van der Waals surface area contributed by atoms with Crippen LogP contribution in [0.4, 0.5) is 0 Å². The van der Waals surface area contributed by atoms with E-state index < -0.39 is 64.4 Å². The Morgan fingerprint density at radius 3 is 2.23 bits per heavy atom. The lowest BCUT2D eigenvalue weighted by atomic mass is 9.52. The number of aromatic hydroxyl groups is 1. The molecule has 1 aromatic carbocycles. The van der Waals surface area contributed by atoms with E-state index in [-0.39, 0.29) is 17.7 Å². The molecule has 40 heavy (non-hydrogen) atoms. The van der Waals surface area contributed by atoms with Gasteiger partial charge in [-0.25, -0.2) is 0 Å². The molecular formula is C31H38N2O7. The molecule has 0 saturated heterocycles. The van der Waals surface area contributed by atoms with Gasteiger partial charge in [-0.1, -0.05) is 31.7 Å². The van der Waals surface area contributed by atoms with Gasteiger partial charge in [0.2, 0.25) is 5.91 Å². The van der Waals surface area contributed by atoms with E-state index in [1.54, 1.807) is 14.1 Å². The molecule has 0 radical (unpaired) electrons. The number of phenols is 1. The molecule has 4 fully saturated rings. The Kier molecular flexibility index (Phi) is 6.53. The highest BCUT2D eigenvalue weighted by Gasteiger charge is 2.69. The van der Waals surface area contributed by atoms with Crippen LogP contribution in [-0.4, -0.2) is 69.9 Å². The zero-order chi connectivity index (χ0) is 28.7. The minimum Gasteiger partial charge on any atom is -0.507 e. The van der Waals surface area contributed by atoms with Crippen LogP contribution >= 0.6 is 0 Å². The summed E-state index contributed by atoms with van der Waals surface area (Å²) in [4.78, 5) is 68.2. The van der Waals surface area contributed by atoms with Crippen molar-refractivity contribution >= 4 is 29.0 Å². The molecule has 0 bridgehead atoms. The molecule has 9 nitrogen and oxygen atoms in total. The molecule has 9 heteroatoms. The summed E-state index contributed by atoms with van der Waals surface area (Å²) in [5, 5.41) is 22.5. The summed E-state index contributed by atoms with van der Waals surface area (Å²) in [6.45, 7) is 0. The summed E-state index contributed by atoms with van der Waals surface area (Å²) in [6, 6.07) is 2.31. The Hall–Kier alpha value is -2.91. The monoisotopic (exact) mass is 550 g/mol. The first-order chi connectivity index (χ1) is 18.9. The van der Waals surface area contributed by atoms with Crippen LogP contribution in [0, 0.1) is 41.4 Å². The molecule has 1 aromatic rings. The van der Waals surface area contributed by atoms with Gasteiger partial charge in [0, 0.05) is 5.92 Å². The van der Waals surface area contributed by atoms with Crippen LogP contribution in [0.25, 0.3) is 0 Å². The largest absolute Gasteiger partial charge is 0.507 e. The smallest absolute Gasteiger partial charge is 0.235 e. The van der Waals surface area contributed by atoms with Crippen molar-refractivity contribution in [1.82, 2.24) is 4.90 Å². The van der Waals surface area contributed by atoms with Crippen molar-refractivity contribution in [3.8, 4) is 5.75 Å². The quantitative estimate of drug-likeness (QED) is 0.413. The fourth-order valence-electron chi connectivity index (χ4n) is 8.08. The lowest BCUT2D eigenvalue weighted by Crippen LogP contribution is -2.74. The number of carbonyl (C=O) groups is 5. The molecule has 6 rings (SSSR count). The number of rotatable bonds is 8. The van der Waals surface area contributed by atoms with E-state index in [1.807, 2.05) is 6.07 Å². The van der Waals surface area contributed by atoms with Crippen LogP contribution in [0.5, 0.6) is 5.75 Å². The number of nitrogens with two attached hydrogens (primary N) is 1. The van der Waals surface area contributed by atoms with E-state index in [1.165, 1.54) is 36.6 Å². The number of hydrogen-bond acceptors (Lipinski definition) is 8. The Bertz CT molecular complexity index is 1300. The number of fused-ring (bicyclic) bond motifs is 3. The standard InChI is InChI=1S/C31H38N2O7/c1-33(2)25-20-13-18-12-19-17(11-16(9-14-3-4-14)10-15-5-6-15)7-8-21(34)23(19)26(35)22(18)28(37)31(20,40)29(38)24(27(25)36)30(32)39/h7-8,14-16,18,20,22,24-25,34,40H,3-6,9-13H2,1-2H3,(H2,32,39)/t18-,20-,22?,24?,25-,31-/m1/s1. The number of amides is 1. The molecule has 5 aliphatic rings. The second kappa shape index (κ2) is 9.58. The molecule has 4 saturated carbocycles. The fourth-order valence-corrected chi connectivity index (χ4v) is 8.08. The van der Waals surface area contributed by atoms with Crippen molar-refractivity contribution in [3.63, 3.8) is 0 Å². The Morgan fingerprint density at radius 2 is 1.68 bits per heavy atom. The molecule has 0 aromatic heterocycles. The molecular weight excluding hydrogens is 512 g/mol. The summed E-state index contributed by atoms with van der Waals surface area (Å²) in [5.74, 6) is -7.94. The van der Waals surface area contributed by atoms with E-state index in [9.17, 15) is 34.2 Å². The highest BCUT2D eigenvalue weighted by molar-refractivity contribution is 6.32. The third-order valence-corrected chi connectivity index (χ3v) is 10.3. The summed E-state index contributed by atoms with van der Waals surface area (Å²) < 4.78 is 0. The van der Waals surface area contributed by atoms with Crippen LogP contribution < -0.4 is 5.73 Å². The van der Waals surface area contributed by atoms with E-state index in [4.69, 9.17) is 5.73 Å². The number of Topliss-reactive ketones (excluding diaryl/α,β-unsaturated/α-hetero) is 4. The predicted molar refractivity (Wildman–Crippen MR) is 143 cm³/mol. The average Bonchev–Trinajstić information content (AvgIpc) is 3.80. The van der Waals surface area contributed by atoms with Crippen molar-refractivity contribution in [2.75, 3.05) is 14.1 Å². The van der Waals surface area contributed by atoms with Crippen LogP contribution in [-0.2, 0) is 32.0 Å². The maximum absolute atomic E-state index is 14.0. The molecule has 0 spiro atoms. The van der Waals surface area contributed by atoms with Gasteiger partial charge >= 0.3 is 0 Å². The van der Waals surface area contributed by atoms with Crippen molar-refractivity contribution < 1.29 is 34.2 Å². The van der Waals surface area contributed by atoms with Crippen molar-refractivity contribution in [1.29, 1.82) is 0 Å². The number of phenolic OH excluding ortho intramolecular Hbond substituents is 1. The second-order valence-electron chi connectivity index (χ2n) is 13.3. The number of ketones is 4. The Morgan fingerprint density at radius 1 is 1.05 bits per heavy atom. The van der Waals surface area contributed by atoms with Crippen molar-refractivity contribution in [3.05, 3.63) is 28.8 Å². The maximum atomic E-state index is 14.0. The van der Waals surface area contributed by atoms with Crippen LogP contribution in [0.3, 0.4) is 0 Å². The van der Waals surface area contributed by atoms with Gasteiger partial charge in [0.1, 0.15) is 5.75 Å². The van der Waals surface area contributed by atoms with Gasteiger partial charge in [-0.3, -0.25) is 28.9 Å². The molecule has 2 unspecified atom stereocenters. The van der Waals surface area contributed by atoms with E-state index in [0.29, 0.717) is 12.3 Å². The first kappa shape index (κ1) is 27.3. The number of primary amides is 1. The fraction of sp³-hybridized carbons (Fsp3) is 0.645. The number of aliphatic hydroxyl groups is 1. The molecule has 6 atom stereocenters. The predicted octanol–water partition coefficient (Wildman–Crippen LogP) is 1.63. The van der Waals surface area contributed by atoms with Crippen molar-refractivity contribution in [2.24, 2.45) is 47.2 Å². The van der Waals surface area contributed by atoms with Gasteiger partial charge in [0.25, 0.3) is 0 Å². The lowest BCUT2D eigenvalue weighted by Gasteiger charge is -2.52. The summed E-state index contributed by atoms with van der Waals surface area (Å²) in [6.07, 6.45) is 8.61. The van der Waals surface area contributed by atoms with Gasteiger partial charge in [0.05, 0.1) is 17.5 Å². The number of nitrogens with zero attached hydrogens (tertiary/aromatic N) is 1. The Balaban J connectivity index is 1.38. The highest BCUT2D eigenvalue weighted by atomic mass is 16.3. The van der Waals surface area contributed by atoms with Gasteiger partial charge < -0.3 is 15.9 Å². The normalized spacial score (nSPS) is 33.7. The molecule has 0 aliphatic heterocycles. The molecule has 5 aliphatic carbocycles. The first-order valence-corrected chi connectivity index (χ1v) is 14.6. The minimum absolute atomic E-state index is 0.0760. The van der Waals surface area contributed by atoms with Gasteiger partial charge in [-0.05, 0) is 87.1 Å². The van der Waals surface area contributed by atoms with Gasteiger partial charge in [0.15, 0.2) is 34.7 Å². The van der Waals surface area contributed by atoms with E-state index in [0.717, 1.165) is 42.2 Å². The third kappa shape index (κ3) is 4.24. The van der Waals surface area contributed by atoms with E-state index in [2.05, 4.69) is 0 Å². The lowest BCUT2D eigenvalue weighted by molar-refractivity contribution is -0.181. The van der Waals surface area contributed by atoms with Gasteiger partial charge in [-0.2, -0.15) is 0 Å². The SMILES string of the molecule is CN(C)[C@H]1C(=O)C(C(N)=O)C(=O)[C@]2(O)C(=O)C3C(=O)c4c(O)ccc(CC(CC5CC5)CC5CC5)c4C[C@@H]3C[C@H]12. The molecule has 1 amide bonds. The van der Waals surface area contributed by atoms with Crippen LogP contribution in [0.2, 0.25) is 0 Å². The Labute approximate surface area is 233 Å². The van der Waals surface area contributed by atoms with Crippen molar-refractivity contribution in [2.45, 2.75) is 69.4 Å². The highest BCUT2D eigenvalue weighted by Crippen LogP contribution is 2.51. The second-order valence-corrected chi connectivity index (χ2v) is 13.3. The summed E-state index contributed by atoms with van der Waals surface area (Å²) >= 11 is 0. The maximum Gasteiger partial charge on any atom is 0.235 e. The molecule has 0 heterocycles. The van der Waals surface area contributed by atoms with E-state index >= 15 is 0 Å². The number of benzene rings is 1. The average molecular weight is 551 g/mol. The summed E-state index contributed by atoms with van der Waals surface area (Å²) in [5.41, 5.74) is 4.54. The number of hydrogen-bond donors (Lipinski definition) is 3. The topological polar surface area (TPSA) is 155 Å². The zero-order valence-electron chi connectivity index (χ0n) is 23.1. The van der Waals surface area contributed by atoms with Gasteiger partial charge in [-0.15, -0.1) is 0 Å². The van der Waals surface area contributed by atoms with Crippen LogP contribution in [0.15, 0.2) is 12.1 Å². The number of likely N-dealkylation sites (N-methyl/N-ethyl adjacent to an activating group) is 1. The third-order valence-electron chi connectivity index (χ3n) is 10.3. The summed E-state index contributed by atoms with van der Waals surface area (Å²) in [7, 11) is 3.18. The number of carbonyl (C=O) groups excluding carboxylic acids is 5. The first-order valence-electron chi connectivity index (χ1n) is 14.6. The molecule has 4 N–H and O–H groups in total. The van der Waals surface area contributed by atoms with Crippen LogP contribution in [0.1, 0.15) is 66.4 Å². The minimum atomic E-state index is -2.69. The molecule has 214 valence electrons.